The predicted molar refractivity (Wildman–Crippen MR) is 75.2 cm³/mol. The number of amides is 2. The van der Waals surface area contributed by atoms with Crippen LogP contribution in [0.3, 0.4) is 0 Å². The normalized spacial score (nSPS) is 12.3. The lowest BCUT2D eigenvalue weighted by Crippen LogP contribution is -2.46. The first-order chi connectivity index (χ1) is 8.84. The molecule has 0 heterocycles. The summed E-state index contributed by atoms with van der Waals surface area (Å²) in [5.41, 5.74) is 7.27. The van der Waals surface area contributed by atoms with E-state index in [1.54, 1.807) is 4.90 Å². The molecule has 0 aliphatic carbocycles. The van der Waals surface area contributed by atoms with Gasteiger partial charge >= 0.3 is 11.8 Å². The minimum absolute atomic E-state index is 0.0420. The number of primary amides is 1. The van der Waals surface area contributed by atoms with E-state index in [1.807, 2.05) is 52.0 Å². The third kappa shape index (κ3) is 3.81. The molecular formula is C15H22N2O2. The van der Waals surface area contributed by atoms with E-state index in [1.165, 1.54) is 0 Å². The fraction of sp³-hybridized carbons (Fsp3) is 0.467. The van der Waals surface area contributed by atoms with Crippen molar-refractivity contribution in [1.29, 1.82) is 0 Å². The molecule has 4 heteroatoms. The number of nitrogens with zero attached hydrogens (tertiary/aromatic N) is 1. The molecule has 19 heavy (non-hydrogen) atoms. The van der Waals surface area contributed by atoms with Crippen molar-refractivity contribution in [2.24, 2.45) is 11.7 Å². The Labute approximate surface area is 114 Å². The SMILES string of the molecule is Cc1ccccc1CN(C(=O)C(N)=O)C(C)C(C)C. The van der Waals surface area contributed by atoms with Crippen LogP contribution < -0.4 is 5.73 Å². The van der Waals surface area contributed by atoms with Crippen LogP contribution in [0, 0.1) is 12.8 Å². The van der Waals surface area contributed by atoms with E-state index in [9.17, 15) is 9.59 Å². The van der Waals surface area contributed by atoms with Crippen LogP contribution in [0.5, 0.6) is 0 Å². The number of nitrogens with two attached hydrogens (primary N) is 1. The van der Waals surface area contributed by atoms with E-state index in [0.717, 1.165) is 11.1 Å². The average Bonchev–Trinajstić information content (AvgIpc) is 2.36. The topological polar surface area (TPSA) is 63.4 Å². The highest BCUT2D eigenvalue weighted by atomic mass is 16.2. The van der Waals surface area contributed by atoms with Gasteiger partial charge in [0.25, 0.3) is 0 Å². The first kappa shape index (κ1) is 15.2. The van der Waals surface area contributed by atoms with Gasteiger partial charge in [-0.2, -0.15) is 0 Å². The van der Waals surface area contributed by atoms with Crippen molar-refractivity contribution < 1.29 is 9.59 Å². The fourth-order valence-electron chi connectivity index (χ4n) is 1.87. The lowest BCUT2D eigenvalue weighted by Gasteiger charge is -2.31. The summed E-state index contributed by atoms with van der Waals surface area (Å²) in [6.45, 7) is 8.37. The van der Waals surface area contributed by atoms with Crippen molar-refractivity contribution in [1.82, 2.24) is 4.90 Å². The molecular weight excluding hydrogens is 240 g/mol. The maximum atomic E-state index is 12.0. The van der Waals surface area contributed by atoms with Crippen molar-refractivity contribution in [2.45, 2.75) is 40.3 Å². The van der Waals surface area contributed by atoms with Gasteiger partial charge in [-0.15, -0.1) is 0 Å². The maximum absolute atomic E-state index is 12.0. The second-order valence-electron chi connectivity index (χ2n) is 5.21. The van der Waals surface area contributed by atoms with Gasteiger partial charge in [-0.05, 0) is 30.9 Å². The molecule has 1 aromatic carbocycles. The number of carbonyl (C=O) groups is 2. The van der Waals surface area contributed by atoms with E-state index in [2.05, 4.69) is 0 Å². The summed E-state index contributed by atoms with van der Waals surface area (Å²) >= 11 is 0. The molecule has 0 saturated heterocycles. The Morgan fingerprint density at radius 3 is 2.26 bits per heavy atom. The molecule has 1 aromatic rings. The molecule has 0 aliphatic rings. The number of aryl methyl sites for hydroxylation is 1. The highest BCUT2D eigenvalue weighted by Crippen LogP contribution is 2.17. The highest BCUT2D eigenvalue weighted by molar-refractivity contribution is 6.34. The number of hydrogen-bond donors (Lipinski definition) is 1. The Bertz CT molecular complexity index is 469. The Morgan fingerprint density at radius 2 is 1.79 bits per heavy atom. The summed E-state index contributed by atoms with van der Waals surface area (Å²) in [6.07, 6.45) is 0. The standard InChI is InChI=1S/C15H22N2O2/c1-10(2)12(4)17(15(19)14(16)18)9-13-8-6-5-7-11(13)3/h5-8,10,12H,9H2,1-4H3,(H2,16,18). The monoisotopic (exact) mass is 262 g/mol. The van der Waals surface area contributed by atoms with Gasteiger partial charge < -0.3 is 10.6 Å². The van der Waals surface area contributed by atoms with Crippen molar-refractivity contribution >= 4 is 11.8 Å². The number of rotatable bonds is 4. The molecule has 0 fully saturated rings. The Kier molecular flexibility index (Phi) is 5.10. The third-order valence-corrected chi connectivity index (χ3v) is 3.53. The van der Waals surface area contributed by atoms with E-state index >= 15 is 0 Å². The second kappa shape index (κ2) is 6.36. The molecule has 1 unspecified atom stereocenters. The van der Waals surface area contributed by atoms with Gasteiger partial charge in [-0.1, -0.05) is 38.1 Å². The van der Waals surface area contributed by atoms with Gasteiger partial charge in [0.1, 0.15) is 0 Å². The van der Waals surface area contributed by atoms with Gasteiger partial charge in [-0.3, -0.25) is 9.59 Å². The van der Waals surface area contributed by atoms with E-state index in [-0.39, 0.29) is 12.0 Å². The number of hydrogen-bond acceptors (Lipinski definition) is 2. The van der Waals surface area contributed by atoms with Crippen LogP contribution in [-0.2, 0) is 16.1 Å². The van der Waals surface area contributed by atoms with Gasteiger partial charge in [0, 0.05) is 12.6 Å². The van der Waals surface area contributed by atoms with Crippen molar-refractivity contribution in [3.8, 4) is 0 Å². The maximum Gasteiger partial charge on any atom is 0.312 e. The zero-order chi connectivity index (χ0) is 14.6. The molecule has 1 rings (SSSR count). The van der Waals surface area contributed by atoms with Crippen LogP contribution in [0.2, 0.25) is 0 Å². The molecule has 0 radical (unpaired) electrons. The Hall–Kier alpha value is -1.84. The Balaban J connectivity index is 3.02. The largest absolute Gasteiger partial charge is 0.361 e. The van der Waals surface area contributed by atoms with Crippen LogP contribution in [0.15, 0.2) is 24.3 Å². The zero-order valence-corrected chi connectivity index (χ0v) is 12.0. The quantitative estimate of drug-likeness (QED) is 0.842. The van der Waals surface area contributed by atoms with E-state index < -0.39 is 11.8 Å². The molecule has 1 atom stereocenters. The predicted octanol–water partition coefficient (Wildman–Crippen LogP) is 1.85. The summed E-state index contributed by atoms with van der Waals surface area (Å²) in [7, 11) is 0. The lowest BCUT2D eigenvalue weighted by atomic mass is 10.0. The van der Waals surface area contributed by atoms with Crippen molar-refractivity contribution in [3.05, 3.63) is 35.4 Å². The van der Waals surface area contributed by atoms with Gasteiger partial charge in [0.2, 0.25) is 0 Å². The minimum atomic E-state index is -0.902. The van der Waals surface area contributed by atoms with Gasteiger partial charge in [0.05, 0.1) is 0 Å². The molecule has 104 valence electrons. The summed E-state index contributed by atoms with van der Waals surface area (Å²) in [5, 5.41) is 0. The summed E-state index contributed by atoms with van der Waals surface area (Å²) in [6, 6.07) is 7.78. The summed E-state index contributed by atoms with van der Waals surface area (Å²) < 4.78 is 0. The molecule has 2 amide bonds. The molecule has 0 spiro atoms. The summed E-state index contributed by atoms with van der Waals surface area (Å²) in [5.74, 6) is -1.27. The van der Waals surface area contributed by atoms with Crippen LogP contribution in [0.25, 0.3) is 0 Å². The molecule has 0 aliphatic heterocycles. The fourth-order valence-corrected chi connectivity index (χ4v) is 1.87. The van der Waals surface area contributed by atoms with E-state index in [4.69, 9.17) is 5.73 Å². The van der Waals surface area contributed by atoms with Crippen LogP contribution in [0.1, 0.15) is 31.9 Å². The minimum Gasteiger partial charge on any atom is -0.361 e. The molecule has 4 nitrogen and oxygen atoms in total. The molecule has 0 bridgehead atoms. The van der Waals surface area contributed by atoms with Crippen molar-refractivity contribution in [2.75, 3.05) is 0 Å². The van der Waals surface area contributed by atoms with Crippen LogP contribution >= 0.6 is 0 Å². The van der Waals surface area contributed by atoms with Crippen LogP contribution in [-0.4, -0.2) is 22.8 Å². The first-order valence-electron chi connectivity index (χ1n) is 6.49. The second-order valence-corrected chi connectivity index (χ2v) is 5.21. The Morgan fingerprint density at radius 1 is 1.21 bits per heavy atom. The zero-order valence-electron chi connectivity index (χ0n) is 12.0. The smallest absolute Gasteiger partial charge is 0.312 e. The van der Waals surface area contributed by atoms with E-state index in [0.29, 0.717) is 6.54 Å². The summed E-state index contributed by atoms with van der Waals surface area (Å²) in [4.78, 5) is 24.7. The highest BCUT2D eigenvalue weighted by Gasteiger charge is 2.26. The third-order valence-electron chi connectivity index (χ3n) is 3.53. The number of benzene rings is 1. The van der Waals surface area contributed by atoms with Gasteiger partial charge in [-0.25, -0.2) is 0 Å². The molecule has 0 saturated carbocycles. The molecule has 0 aromatic heterocycles. The van der Waals surface area contributed by atoms with Crippen molar-refractivity contribution in [3.63, 3.8) is 0 Å². The number of carbonyl (C=O) groups excluding carboxylic acids is 2. The first-order valence-corrected chi connectivity index (χ1v) is 6.49. The average molecular weight is 262 g/mol. The van der Waals surface area contributed by atoms with Gasteiger partial charge in [0.15, 0.2) is 0 Å². The molecule has 2 N–H and O–H groups in total. The lowest BCUT2D eigenvalue weighted by molar-refractivity contribution is -0.146. The van der Waals surface area contributed by atoms with Crippen LogP contribution in [0.4, 0.5) is 0 Å².